The van der Waals surface area contributed by atoms with Crippen molar-refractivity contribution < 1.29 is 0 Å². The quantitative estimate of drug-likeness (QED) is 0.243. The third kappa shape index (κ3) is 7.28. The van der Waals surface area contributed by atoms with Gasteiger partial charge in [0.2, 0.25) is 0 Å². The fourth-order valence-corrected chi connectivity index (χ4v) is 4.11. The largest absolute Gasteiger partial charge is 0.195 e. The second kappa shape index (κ2) is 11.6. The summed E-state index contributed by atoms with van der Waals surface area (Å²) in [6, 6.07) is 8.47. The van der Waals surface area contributed by atoms with Crippen LogP contribution in [0.1, 0.15) is 83.1 Å². The summed E-state index contributed by atoms with van der Waals surface area (Å²) in [6.45, 7) is 2.29. The number of hydrogen-bond acceptors (Lipinski definition) is 2. The van der Waals surface area contributed by atoms with Crippen molar-refractivity contribution in [1.29, 1.82) is 0 Å². The van der Waals surface area contributed by atoms with E-state index in [0.717, 1.165) is 17.5 Å². The third-order valence-electron chi connectivity index (χ3n) is 5.63. The Morgan fingerprint density at radius 1 is 0.917 bits per heavy atom. The molecule has 0 saturated heterocycles. The molecule has 0 bridgehead atoms. The minimum atomic E-state index is 0.910. The van der Waals surface area contributed by atoms with E-state index in [1.807, 2.05) is 12.1 Å². The molecule has 24 heavy (non-hydrogen) atoms. The molecule has 132 valence electrons. The summed E-state index contributed by atoms with van der Waals surface area (Å²) in [5, 5.41) is 2.42. The van der Waals surface area contributed by atoms with Crippen LogP contribution < -0.4 is 0 Å². The van der Waals surface area contributed by atoms with Crippen LogP contribution in [-0.4, -0.2) is 5.16 Å². The maximum absolute atomic E-state index is 4.64. The molecule has 1 nitrogen and oxygen atoms in total. The van der Waals surface area contributed by atoms with Crippen molar-refractivity contribution in [3.05, 3.63) is 29.8 Å². The summed E-state index contributed by atoms with van der Waals surface area (Å²) in [6.07, 6.45) is 17.0. The van der Waals surface area contributed by atoms with E-state index in [9.17, 15) is 0 Å². The molecule has 1 aliphatic rings. The molecule has 0 atom stereocenters. The molecule has 0 aliphatic heterocycles. The van der Waals surface area contributed by atoms with Crippen LogP contribution in [0.3, 0.4) is 0 Å². The van der Waals surface area contributed by atoms with Crippen molar-refractivity contribution in [1.82, 2.24) is 0 Å². The molecule has 0 radical (unpaired) electrons. The van der Waals surface area contributed by atoms with Crippen molar-refractivity contribution in [2.24, 2.45) is 16.8 Å². The fourth-order valence-electron chi connectivity index (χ4n) is 4.01. The summed E-state index contributed by atoms with van der Waals surface area (Å²) in [7, 11) is 0. The van der Waals surface area contributed by atoms with Gasteiger partial charge in [-0.15, -0.1) is 0 Å². The lowest BCUT2D eigenvalue weighted by atomic mass is 9.77. The first kappa shape index (κ1) is 19.3. The smallest absolute Gasteiger partial charge is 0.0739 e. The van der Waals surface area contributed by atoms with Crippen molar-refractivity contribution in [3.63, 3.8) is 0 Å². The Bertz CT molecular complexity index is 493. The van der Waals surface area contributed by atoms with E-state index in [4.69, 9.17) is 0 Å². The molecule has 1 fully saturated rings. The lowest BCUT2D eigenvalue weighted by Gasteiger charge is -2.28. The molecular formula is C22H33NS. The minimum absolute atomic E-state index is 0.910. The summed E-state index contributed by atoms with van der Waals surface area (Å²) in [5.74, 6) is 1.97. The molecule has 1 aromatic carbocycles. The van der Waals surface area contributed by atoms with Crippen LogP contribution in [-0.2, 0) is 6.42 Å². The Morgan fingerprint density at radius 2 is 1.54 bits per heavy atom. The van der Waals surface area contributed by atoms with E-state index in [1.54, 1.807) is 0 Å². The van der Waals surface area contributed by atoms with Crippen molar-refractivity contribution in [3.8, 4) is 0 Å². The van der Waals surface area contributed by atoms with Crippen LogP contribution in [0.15, 0.2) is 29.3 Å². The lowest BCUT2D eigenvalue weighted by molar-refractivity contribution is 0.248. The third-order valence-corrected chi connectivity index (χ3v) is 5.73. The predicted octanol–water partition coefficient (Wildman–Crippen LogP) is 7.52. The molecule has 2 heteroatoms. The van der Waals surface area contributed by atoms with E-state index < -0.39 is 0 Å². The normalized spacial score (nSPS) is 20.5. The van der Waals surface area contributed by atoms with Crippen LogP contribution in [0, 0.1) is 11.8 Å². The van der Waals surface area contributed by atoms with Gasteiger partial charge in [0, 0.05) is 0 Å². The average molecular weight is 344 g/mol. The zero-order chi connectivity index (χ0) is 17.0. The van der Waals surface area contributed by atoms with Gasteiger partial charge in [-0.3, -0.25) is 0 Å². The molecule has 0 heterocycles. The molecule has 0 unspecified atom stereocenters. The van der Waals surface area contributed by atoms with Crippen molar-refractivity contribution in [2.75, 3.05) is 0 Å². The predicted molar refractivity (Wildman–Crippen MR) is 108 cm³/mol. The molecule has 0 spiro atoms. The molecule has 1 aliphatic carbocycles. The Hall–Kier alpha value is -0.980. The van der Waals surface area contributed by atoms with Crippen molar-refractivity contribution >= 4 is 23.1 Å². The van der Waals surface area contributed by atoms with E-state index in [0.29, 0.717) is 0 Å². The van der Waals surface area contributed by atoms with Gasteiger partial charge in [0.05, 0.1) is 10.8 Å². The average Bonchev–Trinajstić information content (AvgIpc) is 2.62. The first-order valence-electron chi connectivity index (χ1n) is 9.98. The number of unbranched alkanes of at least 4 members (excludes halogenated alkanes) is 4. The number of aryl methyl sites for hydroxylation is 1. The second-order valence-electron chi connectivity index (χ2n) is 7.50. The summed E-state index contributed by atoms with van der Waals surface area (Å²) in [5.41, 5.74) is 2.34. The Kier molecular flexibility index (Phi) is 9.31. The lowest BCUT2D eigenvalue weighted by Crippen LogP contribution is -2.15. The standard InChI is InChI=1S/C22H33NS/c1-2-3-4-5-6-7-19-8-10-20(11-9-19)12-13-21-14-16-22(17-15-21)23-18-24/h14-17,19-20H,2-13H2,1H3/t19-,20-. The van der Waals surface area contributed by atoms with Gasteiger partial charge in [0.25, 0.3) is 0 Å². The first-order chi connectivity index (χ1) is 11.8. The van der Waals surface area contributed by atoms with E-state index in [-0.39, 0.29) is 0 Å². The maximum atomic E-state index is 4.64. The topological polar surface area (TPSA) is 12.4 Å². The maximum Gasteiger partial charge on any atom is 0.0739 e. The summed E-state index contributed by atoms with van der Waals surface area (Å²) >= 11 is 4.64. The number of benzene rings is 1. The van der Waals surface area contributed by atoms with Gasteiger partial charge in [0.15, 0.2) is 0 Å². The van der Waals surface area contributed by atoms with Gasteiger partial charge >= 0.3 is 0 Å². The van der Waals surface area contributed by atoms with Gasteiger partial charge in [-0.05, 0) is 54.6 Å². The first-order valence-corrected chi connectivity index (χ1v) is 10.4. The summed E-state index contributed by atoms with van der Waals surface area (Å²) in [4.78, 5) is 4.01. The van der Waals surface area contributed by atoms with Gasteiger partial charge in [-0.25, -0.2) is 0 Å². The Morgan fingerprint density at radius 3 is 2.17 bits per heavy atom. The monoisotopic (exact) mass is 343 g/mol. The molecule has 0 N–H and O–H groups in total. The second-order valence-corrected chi connectivity index (χ2v) is 7.68. The van der Waals surface area contributed by atoms with Crippen LogP contribution in [0.4, 0.5) is 5.69 Å². The molecule has 2 rings (SSSR count). The molecule has 0 amide bonds. The van der Waals surface area contributed by atoms with E-state index in [1.165, 1.54) is 82.6 Å². The van der Waals surface area contributed by atoms with E-state index in [2.05, 4.69) is 41.4 Å². The van der Waals surface area contributed by atoms with Crippen LogP contribution in [0.2, 0.25) is 0 Å². The van der Waals surface area contributed by atoms with Crippen molar-refractivity contribution in [2.45, 2.75) is 84.0 Å². The SMILES string of the molecule is CCCCCCC[C@H]1CC[C@H](CCc2ccc(N=C=S)cc2)CC1. The number of nitrogens with zero attached hydrogens (tertiary/aromatic N) is 1. The molecular weight excluding hydrogens is 310 g/mol. The molecule has 1 aromatic rings. The highest BCUT2D eigenvalue weighted by Gasteiger charge is 2.20. The van der Waals surface area contributed by atoms with Crippen LogP contribution in [0.5, 0.6) is 0 Å². The highest BCUT2D eigenvalue weighted by Crippen LogP contribution is 2.34. The highest BCUT2D eigenvalue weighted by atomic mass is 32.1. The van der Waals surface area contributed by atoms with Gasteiger partial charge < -0.3 is 0 Å². The van der Waals surface area contributed by atoms with Crippen LogP contribution >= 0.6 is 12.2 Å². The van der Waals surface area contributed by atoms with Gasteiger partial charge in [0.1, 0.15) is 0 Å². The summed E-state index contributed by atoms with van der Waals surface area (Å²) < 4.78 is 0. The number of aliphatic imine (C=N–C) groups is 1. The minimum Gasteiger partial charge on any atom is -0.195 e. The van der Waals surface area contributed by atoms with Gasteiger partial charge in [-0.1, -0.05) is 83.3 Å². The highest BCUT2D eigenvalue weighted by molar-refractivity contribution is 7.78. The Balaban J connectivity index is 1.60. The molecule has 0 aromatic heterocycles. The van der Waals surface area contributed by atoms with Gasteiger partial charge in [-0.2, -0.15) is 4.99 Å². The Labute approximate surface area is 154 Å². The number of isothiocyanates is 1. The zero-order valence-corrected chi connectivity index (χ0v) is 16.1. The number of rotatable bonds is 10. The van der Waals surface area contributed by atoms with E-state index >= 15 is 0 Å². The fraction of sp³-hybridized carbons (Fsp3) is 0.682. The molecule has 1 saturated carbocycles. The number of thiocarbonyl (C=S) groups is 1. The number of hydrogen-bond donors (Lipinski definition) is 0. The van der Waals surface area contributed by atoms with Crippen LogP contribution in [0.25, 0.3) is 0 Å². The zero-order valence-electron chi connectivity index (χ0n) is 15.3.